The maximum Gasteiger partial charge on any atom is 0.137 e. The van der Waals surface area contributed by atoms with Crippen molar-refractivity contribution >= 4 is 0 Å². The van der Waals surface area contributed by atoms with Crippen LogP contribution >= 0.6 is 0 Å². The summed E-state index contributed by atoms with van der Waals surface area (Å²) in [6, 6.07) is 12.2. The van der Waals surface area contributed by atoms with Crippen molar-refractivity contribution < 1.29 is 4.52 Å². The molecule has 0 saturated carbocycles. The number of aromatic nitrogens is 1. The van der Waals surface area contributed by atoms with E-state index in [0.717, 1.165) is 23.4 Å². The Hall–Kier alpha value is -1.57. The van der Waals surface area contributed by atoms with Gasteiger partial charge in [-0.2, -0.15) is 0 Å². The first-order valence-electron chi connectivity index (χ1n) is 5.91. The molecule has 0 saturated heterocycles. The minimum atomic E-state index is 0.937. The van der Waals surface area contributed by atoms with Crippen LogP contribution in [-0.2, 0) is 6.42 Å². The fourth-order valence-electron chi connectivity index (χ4n) is 1.72. The summed E-state index contributed by atoms with van der Waals surface area (Å²) in [4.78, 5) is 0. The van der Waals surface area contributed by atoms with Crippen molar-refractivity contribution in [3.63, 3.8) is 0 Å². The lowest BCUT2D eigenvalue weighted by Gasteiger charge is -1.93. The van der Waals surface area contributed by atoms with Crippen molar-refractivity contribution in [2.24, 2.45) is 0 Å². The topological polar surface area (TPSA) is 26.0 Å². The molecule has 1 aromatic heterocycles. The standard InChI is InChI=1S/C14H17NO/c1-2-3-5-10-13-11-14(15-16-13)12-8-6-4-7-9-12/h4,6-9,11H,2-3,5,10H2,1H3. The van der Waals surface area contributed by atoms with Crippen LogP contribution in [0, 0.1) is 0 Å². The molecule has 0 aliphatic heterocycles. The molecule has 2 heteroatoms. The third-order valence-corrected chi connectivity index (χ3v) is 2.66. The molecule has 1 aromatic carbocycles. The largest absolute Gasteiger partial charge is 0.361 e. The minimum absolute atomic E-state index is 0.937. The molecule has 2 aromatic rings. The van der Waals surface area contributed by atoms with Gasteiger partial charge in [0.25, 0.3) is 0 Å². The van der Waals surface area contributed by atoms with Crippen LogP contribution in [0.2, 0.25) is 0 Å². The smallest absolute Gasteiger partial charge is 0.137 e. The third kappa shape index (κ3) is 2.72. The van der Waals surface area contributed by atoms with Crippen LogP contribution in [0.15, 0.2) is 40.9 Å². The maximum atomic E-state index is 5.32. The van der Waals surface area contributed by atoms with Gasteiger partial charge in [0.1, 0.15) is 11.5 Å². The first kappa shape index (κ1) is 10.9. The van der Waals surface area contributed by atoms with Crippen molar-refractivity contribution in [3.8, 4) is 11.3 Å². The fraction of sp³-hybridized carbons (Fsp3) is 0.357. The van der Waals surface area contributed by atoms with Crippen molar-refractivity contribution in [2.45, 2.75) is 32.6 Å². The molecule has 0 spiro atoms. The van der Waals surface area contributed by atoms with Crippen LogP contribution < -0.4 is 0 Å². The molecule has 0 bridgehead atoms. The van der Waals surface area contributed by atoms with Crippen molar-refractivity contribution in [2.75, 3.05) is 0 Å². The third-order valence-electron chi connectivity index (χ3n) is 2.66. The molecule has 84 valence electrons. The Morgan fingerprint density at radius 3 is 2.69 bits per heavy atom. The first-order chi connectivity index (χ1) is 7.90. The van der Waals surface area contributed by atoms with Crippen LogP contribution in [-0.4, -0.2) is 5.16 Å². The monoisotopic (exact) mass is 215 g/mol. The van der Waals surface area contributed by atoms with Gasteiger partial charge in [0.05, 0.1) is 0 Å². The van der Waals surface area contributed by atoms with Crippen LogP contribution in [0.3, 0.4) is 0 Å². The van der Waals surface area contributed by atoms with Gasteiger partial charge in [-0.1, -0.05) is 55.3 Å². The molecule has 0 aliphatic carbocycles. The Balaban J connectivity index is 2.02. The van der Waals surface area contributed by atoms with Gasteiger partial charge in [-0.05, 0) is 6.42 Å². The number of hydrogen-bond acceptors (Lipinski definition) is 2. The molecular formula is C14H17NO. The summed E-state index contributed by atoms with van der Waals surface area (Å²) in [5.41, 5.74) is 2.06. The zero-order chi connectivity index (χ0) is 11.2. The molecule has 2 rings (SSSR count). The SMILES string of the molecule is CCCCCc1cc(-c2ccccc2)no1. The van der Waals surface area contributed by atoms with E-state index in [9.17, 15) is 0 Å². The maximum absolute atomic E-state index is 5.32. The number of rotatable bonds is 5. The number of aryl methyl sites for hydroxylation is 1. The van der Waals surface area contributed by atoms with E-state index in [1.807, 2.05) is 36.4 Å². The number of unbranched alkanes of at least 4 members (excludes halogenated alkanes) is 2. The van der Waals surface area contributed by atoms with Crippen molar-refractivity contribution in [1.29, 1.82) is 0 Å². The minimum Gasteiger partial charge on any atom is -0.361 e. The first-order valence-corrected chi connectivity index (χ1v) is 5.91. The highest BCUT2D eigenvalue weighted by Gasteiger charge is 2.05. The Morgan fingerprint density at radius 1 is 1.12 bits per heavy atom. The Morgan fingerprint density at radius 2 is 1.94 bits per heavy atom. The van der Waals surface area contributed by atoms with Crippen LogP contribution in [0.25, 0.3) is 11.3 Å². The van der Waals surface area contributed by atoms with Crippen LogP contribution in [0.5, 0.6) is 0 Å². The lowest BCUT2D eigenvalue weighted by atomic mass is 10.1. The van der Waals surface area contributed by atoms with E-state index in [4.69, 9.17) is 4.52 Å². The predicted molar refractivity (Wildman–Crippen MR) is 65.2 cm³/mol. The van der Waals surface area contributed by atoms with Gasteiger partial charge in [0.15, 0.2) is 0 Å². The van der Waals surface area contributed by atoms with E-state index < -0.39 is 0 Å². The summed E-state index contributed by atoms with van der Waals surface area (Å²) in [5, 5.41) is 4.09. The van der Waals surface area contributed by atoms with Gasteiger partial charge in [-0.25, -0.2) is 0 Å². The lowest BCUT2D eigenvalue weighted by Crippen LogP contribution is -1.80. The molecule has 0 unspecified atom stereocenters. The van der Waals surface area contributed by atoms with E-state index >= 15 is 0 Å². The van der Waals surface area contributed by atoms with Crippen LogP contribution in [0.4, 0.5) is 0 Å². The molecule has 0 aliphatic rings. The lowest BCUT2D eigenvalue weighted by molar-refractivity contribution is 0.381. The van der Waals surface area contributed by atoms with Gasteiger partial charge in [-0.3, -0.25) is 0 Å². The summed E-state index contributed by atoms with van der Waals surface area (Å²) in [6.45, 7) is 2.20. The Bertz CT molecular complexity index is 419. The molecule has 16 heavy (non-hydrogen) atoms. The van der Waals surface area contributed by atoms with E-state index in [0.29, 0.717) is 0 Å². The Kier molecular flexibility index (Phi) is 3.76. The number of benzene rings is 1. The van der Waals surface area contributed by atoms with Crippen LogP contribution in [0.1, 0.15) is 31.9 Å². The van der Waals surface area contributed by atoms with E-state index in [-0.39, 0.29) is 0 Å². The quantitative estimate of drug-likeness (QED) is 0.702. The second kappa shape index (κ2) is 5.50. The molecule has 0 amide bonds. The molecule has 1 heterocycles. The normalized spacial score (nSPS) is 10.6. The zero-order valence-corrected chi connectivity index (χ0v) is 9.65. The molecule has 0 N–H and O–H groups in total. The second-order valence-corrected chi connectivity index (χ2v) is 4.00. The van der Waals surface area contributed by atoms with E-state index in [2.05, 4.69) is 12.1 Å². The molecular weight excluding hydrogens is 198 g/mol. The summed E-state index contributed by atoms with van der Waals surface area (Å²) >= 11 is 0. The van der Waals surface area contributed by atoms with Crippen molar-refractivity contribution in [3.05, 3.63) is 42.2 Å². The number of nitrogens with zero attached hydrogens (tertiary/aromatic N) is 1. The molecule has 0 fully saturated rings. The molecule has 2 nitrogen and oxygen atoms in total. The summed E-state index contributed by atoms with van der Waals surface area (Å²) in [7, 11) is 0. The van der Waals surface area contributed by atoms with Gasteiger partial charge in [0, 0.05) is 18.1 Å². The molecule has 0 radical (unpaired) electrons. The summed E-state index contributed by atoms with van der Waals surface area (Å²) < 4.78 is 5.32. The van der Waals surface area contributed by atoms with Gasteiger partial charge >= 0.3 is 0 Å². The average molecular weight is 215 g/mol. The number of hydrogen-bond donors (Lipinski definition) is 0. The summed E-state index contributed by atoms with van der Waals surface area (Å²) in [6.07, 6.45) is 4.66. The predicted octanol–water partition coefficient (Wildman–Crippen LogP) is 4.07. The van der Waals surface area contributed by atoms with Gasteiger partial charge in [-0.15, -0.1) is 0 Å². The highest BCUT2D eigenvalue weighted by atomic mass is 16.5. The van der Waals surface area contributed by atoms with Gasteiger partial charge in [0.2, 0.25) is 0 Å². The van der Waals surface area contributed by atoms with E-state index in [1.54, 1.807) is 0 Å². The highest BCUT2D eigenvalue weighted by molar-refractivity contribution is 5.58. The van der Waals surface area contributed by atoms with Gasteiger partial charge < -0.3 is 4.52 Å². The fourth-order valence-corrected chi connectivity index (χ4v) is 1.72. The molecule has 0 atom stereocenters. The average Bonchev–Trinajstić information content (AvgIpc) is 2.79. The highest BCUT2D eigenvalue weighted by Crippen LogP contribution is 2.19. The van der Waals surface area contributed by atoms with E-state index in [1.165, 1.54) is 19.3 Å². The Labute approximate surface area is 96.3 Å². The second-order valence-electron chi connectivity index (χ2n) is 4.00. The zero-order valence-electron chi connectivity index (χ0n) is 9.65. The summed E-state index contributed by atoms with van der Waals surface area (Å²) in [5.74, 6) is 0.993. The van der Waals surface area contributed by atoms with Crippen molar-refractivity contribution in [1.82, 2.24) is 5.16 Å².